The van der Waals surface area contributed by atoms with Gasteiger partial charge in [0, 0.05) is 48.6 Å². The minimum absolute atomic E-state index is 0.0838. The first-order valence-corrected chi connectivity index (χ1v) is 11.3. The molecule has 160 valence electrons. The minimum Gasteiger partial charge on any atom is -0.487 e. The van der Waals surface area contributed by atoms with E-state index in [1.165, 1.54) is 10.4 Å². The predicted molar refractivity (Wildman–Crippen MR) is 115 cm³/mol. The molecule has 1 aromatic heterocycles. The fourth-order valence-corrected chi connectivity index (χ4v) is 5.15. The standard InChI is InChI=1S/C22H27N3O4S/c1-16-14-25(17(2)15-26)30(27,28)22-9-8-18(6-7-19-5-4-10-24-12-19)11-20(22)29-21(16)13-23-3/h4-5,8-12,16-17,21,23,26H,13-15H2,1-3H3/t16-,17-,21+/m1/s1. The maximum Gasteiger partial charge on any atom is 0.247 e. The molecule has 3 atom stereocenters. The first-order valence-electron chi connectivity index (χ1n) is 9.87. The molecule has 0 saturated heterocycles. The van der Waals surface area contributed by atoms with Crippen LogP contribution < -0.4 is 10.1 Å². The minimum atomic E-state index is -3.84. The Labute approximate surface area is 178 Å². The van der Waals surface area contributed by atoms with Gasteiger partial charge in [-0.15, -0.1) is 0 Å². The number of sulfonamides is 1. The maximum absolute atomic E-state index is 13.4. The van der Waals surface area contributed by atoms with Crippen LogP contribution in [0.1, 0.15) is 25.0 Å². The lowest BCUT2D eigenvalue weighted by atomic mass is 10.0. The number of pyridine rings is 1. The van der Waals surface area contributed by atoms with Gasteiger partial charge in [0.05, 0.1) is 6.61 Å². The van der Waals surface area contributed by atoms with Crippen LogP contribution in [0.4, 0.5) is 0 Å². The Balaban J connectivity index is 2.07. The van der Waals surface area contributed by atoms with E-state index < -0.39 is 16.1 Å². The van der Waals surface area contributed by atoms with Crippen LogP contribution in [0.3, 0.4) is 0 Å². The Bertz CT molecular complexity index is 1030. The third-order valence-corrected chi connectivity index (χ3v) is 7.10. The molecule has 2 heterocycles. The normalized spacial score (nSPS) is 21.9. The zero-order valence-electron chi connectivity index (χ0n) is 17.4. The number of hydrogen-bond donors (Lipinski definition) is 2. The molecule has 1 aliphatic heterocycles. The van der Waals surface area contributed by atoms with E-state index in [9.17, 15) is 13.5 Å². The zero-order chi connectivity index (χ0) is 21.7. The molecule has 0 unspecified atom stereocenters. The van der Waals surface area contributed by atoms with Crippen molar-refractivity contribution in [1.82, 2.24) is 14.6 Å². The molecule has 0 saturated carbocycles. The van der Waals surface area contributed by atoms with Crippen molar-refractivity contribution in [2.45, 2.75) is 30.9 Å². The van der Waals surface area contributed by atoms with Crippen molar-refractivity contribution in [3.8, 4) is 17.6 Å². The van der Waals surface area contributed by atoms with Gasteiger partial charge in [-0.3, -0.25) is 4.98 Å². The molecule has 8 heteroatoms. The van der Waals surface area contributed by atoms with Gasteiger partial charge < -0.3 is 15.2 Å². The van der Waals surface area contributed by atoms with E-state index in [-0.39, 0.29) is 35.8 Å². The smallest absolute Gasteiger partial charge is 0.247 e. The molecule has 0 fully saturated rings. The summed E-state index contributed by atoms with van der Waals surface area (Å²) in [5.74, 6) is 6.26. The van der Waals surface area contributed by atoms with Crippen molar-refractivity contribution in [2.75, 3.05) is 26.7 Å². The second kappa shape index (κ2) is 9.58. The SMILES string of the molecule is CNC[C@@H]1Oc2cc(C#Cc3cccnc3)ccc2S(=O)(=O)N([C@H](C)CO)C[C@H]1C. The van der Waals surface area contributed by atoms with E-state index in [1.807, 2.05) is 20.0 Å². The van der Waals surface area contributed by atoms with E-state index in [4.69, 9.17) is 4.74 Å². The summed E-state index contributed by atoms with van der Waals surface area (Å²) >= 11 is 0. The van der Waals surface area contributed by atoms with Gasteiger partial charge in [0.2, 0.25) is 10.0 Å². The van der Waals surface area contributed by atoms with Gasteiger partial charge in [-0.25, -0.2) is 8.42 Å². The average molecular weight is 430 g/mol. The van der Waals surface area contributed by atoms with Gasteiger partial charge in [0.25, 0.3) is 0 Å². The number of rotatable bonds is 4. The molecule has 1 aliphatic rings. The predicted octanol–water partition coefficient (Wildman–Crippen LogP) is 1.47. The second-order valence-electron chi connectivity index (χ2n) is 7.45. The summed E-state index contributed by atoms with van der Waals surface area (Å²) in [6.45, 7) is 4.22. The summed E-state index contributed by atoms with van der Waals surface area (Å²) in [5.41, 5.74) is 1.41. The van der Waals surface area contributed by atoms with Gasteiger partial charge in [-0.1, -0.05) is 18.8 Å². The summed E-state index contributed by atoms with van der Waals surface area (Å²) in [6, 6.07) is 7.99. The van der Waals surface area contributed by atoms with Gasteiger partial charge >= 0.3 is 0 Å². The molecule has 30 heavy (non-hydrogen) atoms. The largest absolute Gasteiger partial charge is 0.487 e. The number of nitrogens with zero attached hydrogens (tertiary/aromatic N) is 2. The van der Waals surface area contributed by atoms with E-state index in [1.54, 1.807) is 37.5 Å². The first-order chi connectivity index (χ1) is 14.4. The number of hydrogen-bond acceptors (Lipinski definition) is 6. The monoisotopic (exact) mass is 429 g/mol. The number of aliphatic hydroxyl groups excluding tert-OH is 1. The van der Waals surface area contributed by atoms with Crippen LogP contribution in [0.25, 0.3) is 0 Å². The van der Waals surface area contributed by atoms with Crippen molar-refractivity contribution in [3.63, 3.8) is 0 Å². The quantitative estimate of drug-likeness (QED) is 0.716. The Morgan fingerprint density at radius 1 is 1.33 bits per heavy atom. The molecule has 0 radical (unpaired) electrons. The number of nitrogens with one attached hydrogen (secondary N) is 1. The fourth-order valence-electron chi connectivity index (χ4n) is 3.33. The van der Waals surface area contributed by atoms with Crippen molar-refractivity contribution >= 4 is 10.0 Å². The summed E-state index contributed by atoms with van der Waals surface area (Å²) in [4.78, 5) is 4.13. The van der Waals surface area contributed by atoms with Crippen LogP contribution >= 0.6 is 0 Å². The number of fused-ring (bicyclic) bond motifs is 1. The highest BCUT2D eigenvalue weighted by Crippen LogP contribution is 2.33. The van der Waals surface area contributed by atoms with Gasteiger partial charge in [-0.05, 0) is 44.3 Å². The highest BCUT2D eigenvalue weighted by atomic mass is 32.2. The molecule has 0 aliphatic carbocycles. The molecule has 7 nitrogen and oxygen atoms in total. The molecule has 3 rings (SSSR count). The number of benzene rings is 1. The topological polar surface area (TPSA) is 91.8 Å². The van der Waals surface area contributed by atoms with Crippen molar-refractivity contribution in [2.24, 2.45) is 5.92 Å². The summed E-state index contributed by atoms with van der Waals surface area (Å²) < 4.78 is 34.2. The summed E-state index contributed by atoms with van der Waals surface area (Å²) in [7, 11) is -2.01. The lowest BCUT2D eigenvalue weighted by molar-refractivity contribution is 0.103. The van der Waals surface area contributed by atoms with Crippen molar-refractivity contribution < 1.29 is 18.3 Å². The lowest BCUT2D eigenvalue weighted by Gasteiger charge is -2.36. The molecule has 0 bridgehead atoms. The molecule has 2 aromatic rings. The molecular formula is C22H27N3O4S. The van der Waals surface area contributed by atoms with Gasteiger partial charge in [-0.2, -0.15) is 4.31 Å². The third-order valence-electron chi connectivity index (χ3n) is 5.09. The van der Waals surface area contributed by atoms with E-state index in [2.05, 4.69) is 22.1 Å². The lowest BCUT2D eigenvalue weighted by Crippen LogP contribution is -2.49. The van der Waals surface area contributed by atoms with E-state index >= 15 is 0 Å². The Kier molecular flexibility index (Phi) is 7.10. The molecule has 1 aromatic carbocycles. The van der Waals surface area contributed by atoms with E-state index in [0.29, 0.717) is 12.1 Å². The van der Waals surface area contributed by atoms with Crippen LogP contribution in [0, 0.1) is 17.8 Å². The van der Waals surface area contributed by atoms with Crippen molar-refractivity contribution in [1.29, 1.82) is 0 Å². The first kappa shape index (κ1) is 22.2. The number of ether oxygens (including phenoxy) is 1. The van der Waals surface area contributed by atoms with Crippen molar-refractivity contribution in [3.05, 3.63) is 53.9 Å². The highest BCUT2D eigenvalue weighted by Gasteiger charge is 2.37. The Morgan fingerprint density at radius 3 is 2.77 bits per heavy atom. The number of aliphatic hydroxyl groups is 1. The molecular weight excluding hydrogens is 402 g/mol. The summed E-state index contributed by atoms with van der Waals surface area (Å²) in [6.07, 6.45) is 3.11. The summed E-state index contributed by atoms with van der Waals surface area (Å²) in [5, 5.41) is 12.7. The van der Waals surface area contributed by atoms with Crippen LogP contribution in [0.5, 0.6) is 5.75 Å². The number of aromatic nitrogens is 1. The Morgan fingerprint density at radius 2 is 2.10 bits per heavy atom. The average Bonchev–Trinajstić information content (AvgIpc) is 2.75. The van der Waals surface area contributed by atoms with Crippen LogP contribution in [0.15, 0.2) is 47.6 Å². The molecule has 0 amide bonds. The fraction of sp³-hybridized carbons (Fsp3) is 0.409. The van der Waals surface area contributed by atoms with E-state index in [0.717, 1.165) is 5.56 Å². The van der Waals surface area contributed by atoms with Gasteiger partial charge in [0.1, 0.15) is 16.7 Å². The molecule has 0 spiro atoms. The van der Waals surface area contributed by atoms with Crippen LogP contribution in [-0.4, -0.2) is 61.7 Å². The highest BCUT2D eigenvalue weighted by molar-refractivity contribution is 7.89. The van der Waals surface area contributed by atoms with Crippen LogP contribution in [0.2, 0.25) is 0 Å². The molecule has 2 N–H and O–H groups in total. The van der Waals surface area contributed by atoms with Crippen LogP contribution in [-0.2, 0) is 10.0 Å². The Hall–Kier alpha value is -2.44. The third kappa shape index (κ3) is 4.82. The second-order valence-corrected chi connectivity index (χ2v) is 9.31. The number of likely N-dealkylation sites (N-methyl/N-ethyl adjacent to an activating group) is 1. The maximum atomic E-state index is 13.4. The zero-order valence-corrected chi connectivity index (χ0v) is 18.2. The van der Waals surface area contributed by atoms with Gasteiger partial charge in [0.15, 0.2) is 0 Å².